The van der Waals surface area contributed by atoms with Crippen LogP contribution in [0.5, 0.6) is 0 Å². The van der Waals surface area contributed by atoms with Crippen molar-refractivity contribution in [3.05, 3.63) is 39.9 Å². The maximum atomic E-state index is 10.6. The first-order chi connectivity index (χ1) is 8.83. The van der Waals surface area contributed by atoms with Gasteiger partial charge in [0.15, 0.2) is 5.84 Å². The summed E-state index contributed by atoms with van der Waals surface area (Å²) in [6, 6.07) is 6.24. The number of nitrogens with zero attached hydrogens (tertiary/aromatic N) is 4. The molecule has 0 aromatic heterocycles. The SMILES string of the molecule is CN(C)N1C(c2ccc([N+](=O)[O-])cc2)=NOC1(C)C. The maximum Gasteiger partial charge on any atom is 0.269 e. The number of hydrogen-bond donors (Lipinski definition) is 0. The smallest absolute Gasteiger partial charge is 0.269 e. The summed E-state index contributed by atoms with van der Waals surface area (Å²) in [5, 5.41) is 18.5. The fraction of sp³-hybridized carbons (Fsp3) is 0.417. The summed E-state index contributed by atoms with van der Waals surface area (Å²) >= 11 is 0. The summed E-state index contributed by atoms with van der Waals surface area (Å²) in [6.45, 7) is 3.80. The van der Waals surface area contributed by atoms with Crippen molar-refractivity contribution >= 4 is 11.5 Å². The molecule has 2 rings (SSSR count). The second kappa shape index (κ2) is 4.51. The van der Waals surface area contributed by atoms with Crippen molar-refractivity contribution in [2.45, 2.75) is 19.6 Å². The van der Waals surface area contributed by atoms with Gasteiger partial charge in [-0.05, 0) is 26.0 Å². The van der Waals surface area contributed by atoms with Gasteiger partial charge in [0.2, 0.25) is 5.72 Å². The third-order valence-electron chi connectivity index (χ3n) is 2.80. The van der Waals surface area contributed by atoms with Crippen LogP contribution >= 0.6 is 0 Å². The van der Waals surface area contributed by atoms with E-state index in [-0.39, 0.29) is 5.69 Å². The zero-order chi connectivity index (χ0) is 14.2. The lowest BCUT2D eigenvalue weighted by Crippen LogP contribution is -2.51. The molecule has 1 aliphatic rings. The normalized spacial score (nSPS) is 17.3. The molecule has 0 bridgehead atoms. The van der Waals surface area contributed by atoms with Gasteiger partial charge in [0.1, 0.15) is 0 Å². The minimum Gasteiger partial charge on any atom is -0.364 e. The minimum absolute atomic E-state index is 0.0546. The molecule has 0 spiro atoms. The number of nitro benzene ring substituents is 1. The van der Waals surface area contributed by atoms with Gasteiger partial charge in [-0.2, -0.15) is 0 Å². The van der Waals surface area contributed by atoms with Crippen molar-refractivity contribution in [2.24, 2.45) is 5.16 Å². The molecule has 1 aromatic rings. The zero-order valence-corrected chi connectivity index (χ0v) is 11.3. The van der Waals surface area contributed by atoms with E-state index in [0.717, 1.165) is 5.56 Å². The Morgan fingerprint density at radius 3 is 2.37 bits per heavy atom. The average molecular weight is 264 g/mol. The number of non-ortho nitro benzene ring substituents is 1. The van der Waals surface area contributed by atoms with Crippen molar-refractivity contribution in [3.8, 4) is 0 Å². The van der Waals surface area contributed by atoms with Gasteiger partial charge in [-0.1, -0.05) is 5.16 Å². The number of hydrazine groups is 1. The van der Waals surface area contributed by atoms with Crippen LogP contribution in [0.25, 0.3) is 0 Å². The largest absolute Gasteiger partial charge is 0.364 e. The molecule has 102 valence electrons. The van der Waals surface area contributed by atoms with E-state index in [1.807, 2.05) is 38.0 Å². The van der Waals surface area contributed by atoms with Crippen LogP contribution in [-0.2, 0) is 4.84 Å². The Morgan fingerprint density at radius 1 is 1.32 bits per heavy atom. The molecule has 0 fully saturated rings. The highest BCUT2D eigenvalue weighted by molar-refractivity contribution is 5.99. The first-order valence-electron chi connectivity index (χ1n) is 5.81. The minimum atomic E-state index is -0.583. The van der Waals surface area contributed by atoms with Gasteiger partial charge in [0.25, 0.3) is 5.69 Å². The van der Waals surface area contributed by atoms with Crippen LogP contribution in [0.15, 0.2) is 29.4 Å². The number of oxime groups is 1. The molecule has 0 amide bonds. The number of hydrogen-bond acceptors (Lipinski definition) is 6. The Labute approximate surface area is 111 Å². The Morgan fingerprint density at radius 2 is 1.89 bits per heavy atom. The summed E-state index contributed by atoms with van der Waals surface area (Å²) in [5.74, 6) is 0.630. The highest BCUT2D eigenvalue weighted by atomic mass is 16.7. The Kier molecular flexibility index (Phi) is 3.15. The molecule has 7 heteroatoms. The van der Waals surface area contributed by atoms with E-state index in [9.17, 15) is 10.1 Å². The molecule has 7 nitrogen and oxygen atoms in total. The van der Waals surface area contributed by atoms with Crippen LogP contribution in [0.1, 0.15) is 19.4 Å². The molecule has 0 atom stereocenters. The molecule has 0 N–H and O–H groups in total. The summed E-state index contributed by atoms with van der Waals surface area (Å²) in [5.41, 5.74) is 0.240. The molecule has 1 aromatic carbocycles. The Balaban J connectivity index is 2.34. The van der Waals surface area contributed by atoms with E-state index in [1.54, 1.807) is 12.1 Å². The van der Waals surface area contributed by atoms with Gasteiger partial charge in [0, 0.05) is 31.8 Å². The number of amidine groups is 1. The first kappa shape index (κ1) is 13.3. The number of benzene rings is 1. The average Bonchev–Trinajstić information content (AvgIpc) is 2.65. The van der Waals surface area contributed by atoms with Gasteiger partial charge >= 0.3 is 0 Å². The van der Waals surface area contributed by atoms with E-state index >= 15 is 0 Å². The molecule has 0 aliphatic carbocycles. The predicted octanol–water partition coefficient (Wildman–Crippen LogP) is 1.80. The maximum absolute atomic E-state index is 10.6. The Hall–Kier alpha value is -2.15. The van der Waals surface area contributed by atoms with E-state index < -0.39 is 10.6 Å². The van der Waals surface area contributed by atoms with Crippen LogP contribution in [0, 0.1) is 10.1 Å². The second-order valence-electron chi connectivity index (χ2n) is 4.92. The standard InChI is InChI=1S/C12H16N4O3/c1-12(2)15(14(3)4)11(13-19-12)9-5-7-10(8-6-9)16(17)18/h5-8H,1-4H3. The molecular weight excluding hydrogens is 248 g/mol. The second-order valence-corrected chi connectivity index (χ2v) is 4.92. The molecule has 0 saturated heterocycles. The van der Waals surface area contributed by atoms with Gasteiger partial charge in [-0.25, -0.2) is 10.0 Å². The monoisotopic (exact) mass is 264 g/mol. The highest BCUT2D eigenvalue weighted by Crippen LogP contribution is 2.28. The molecular formula is C12H16N4O3. The van der Waals surface area contributed by atoms with Gasteiger partial charge in [0.05, 0.1) is 4.92 Å². The van der Waals surface area contributed by atoms with Crippen molar-refractivity contribution in [1.29, 1.82) is 0 Å². The van der Waals surface area contributed by atoms with Crippen LogP contribution in [0.4, 0.5) is 5.69 Å². The summed E-state index contributed by atoms with van der Waals surface area (Å²) in [4.78, 5) is 15.6. The van der Waals surface area contributed by atoms with Crippen molar-refractivity contribution in [2.75, 3.05) is 14.1 Å². The summed E-state index contributed by atoms with van der Waals surface area (Å²) in [6.07, 6.45) is 0. The number of rotatable bonds is 3. The summed E-state index contributed by atoms with van der Waals surface area (Å²) in [7, 11) is 3.77. The lowest BCUT2D eigenvalue weighted by molar-refractivity contribution is -0.384. The predicted molar refractivity (Wildman–Crippen MR) is 70.3 cm³/mol. The Bertz CT molecular complexity index is 522. The van der Waals surface area contributed by atoms with Crippen molar-refractivity contribution < 1.29 is 9.76 Å². The van der Waals surface area contributed by atoms with E-state index in [4.69, 9.17) is 4.84 Å². The topological polar surface area (TPSA) is 71.2 Å². The fourth-order valence-electron chi connectivity index (χ4n) is 2.07. The molecule has 19 heavy (non-hydrogen) atoms. The van der Waals surface area contributed by atoms with E-state index in [1.165, 1.54) is 12.1 Å². The quantitative estimate of drug-likeness (QED) is 0.615. The van der Waals surface area contributed by atoms with Crippen LogP contribution in [-0.4, -0.2) is 40.6 Å². The van der Waals surface area contributed by atoms with Crippen molar-refractivity contribution in [1.82, 2.24) is 10.0 Å². The fourth-order valence-corrected chi connectivity index (χ4v) is 2.07. The first-order valence-corrected chi connectivity index (χ1v) is 5.81. The zero-order valence-electron chi connectivity index (χ0n) is 11.3. The van der Waals surface area contributed by atoms with Gasteiger partial charge in [-0.3, -0.25) is 10.1 Å². The highest BCUT2D eigenvalue weighted by Gasteiger charge is 2.39. The molecule has 0 radical (unpaired) electrons. The number of nitro groups is 1. The van der Waals surface area contributed by atoms with Crippen LogP contribution < -0.4 is 0 Å². The lowest BCUT2D eigenvalue weighted by atomic mass is 10.1. The third-order valence-corrected chi connectivity index (χ3v) is 2.80. The van der Waals surface area contributed by atoms with Crippen LogP contribution in [0.3, 0.4) is 0 Å². The molecule has 1 heterocycles. The van der Waals surface area contributed by atoms with E-state index in [2.05, 4.69) is 5.16 Å². The molecule has 0 saturated carbocycles. The third kappa shape index (κ3) is 2.37. The molecule has 1 aliphatic heterocycles. The van der Waals surface area contributed by atoms with Gasteiger partial charge < -0.3 is 4.84 Å². The van der Waals surface area contributed by atoms with E-state index in [0.29, 0.717) is 5.84 Å². The van der Waals surface area contributed by atoms with Gasteiger partial charge in [-0.15, -0.1) is 0 Å². The van der Waals surface area contributed by atoms with Crippen molar-refractivity contribution in [3.63, 3.8) is 0 Å². The summed E-state index contributed by atoms with van der Waals surface area (Å²) < 4.78 is 0. The van der Waals surface area contributed by atoms with Crippen LogP contribution in [0.2, 0.25) is 0 Å². The lowest BCUT2D eigenvalue weighted by Gasteiger charge is -2.35. The molecule has 0 unspecified atom stereocenters.